The zero-order valence-corrected chi connectivity index (χ0v) is 51.1. The summed E-state index contributed by atoms with van der Waals surface area (Å²) in [5, 5.41) is 28.9. The van der Waals surface area contributed by atoms with Gasteiger partial charge in [0.15, 0.2) is 0 Å². The molecular formula is C68H95N11O7. The summed E-state index contributed by atoms with van der Waals surface area (Å²) in [6, 6.07) is 34.8. The summed E-state index contributed by atoms with van der Waals surface area (Å²) < 4.78 is 0. The summed E-state index contributed by atoms with van der Waals surface area (Å²) in [6.07, 6.45) is 11.1. The summed E-state index contributed by atoms with van der Waals surface area (Å²) in [7, 11) is 3.52. The van der Waals surface area contributed by atoms with Gasteiger partial charge in [0.25, 0.3) is 0 Å². The Hall–Kier alpha value is -6.99. The molecule has 4 saturated heterocycles. The van der Waals surface area contributed by atoms with E-state index in [1.165, 1.54) is 5.56 Å². The van der Waals surface area contributed by atoms with Crippen molar-refractivity contribution < 1.29 is 33.6 Å². The predicted octanol–water partition coefficient (Wildman–Crippen LogP) is 6.09. The maximum Gasteiger partial charge on any atom is 0.247 e. The van der Waals surface area contributed by atoms with Gasteiger partial charge in [0.2, 0.25) is 41.4 Å². The average molecular weight is 1180 g/mol. The Morgan fingerprint density at radius 3 is 1.71 bits per heavy atom. The highest BCUT2D eigenvalue weighted by Gasteiger charge is 2.49. The Labute approximate surface area is 509 Å². The maximum atomic E-state index is 14.8. The summed E-state index contributed by atoms with van der Waals surface area (Å²) >= 11 is 0. The third-order valence-electron chi connectivity index (χ3n) is 18.5. The first-order valence-corrected chi connectivity index (χ1v) is 32.0. The topological polar surface area (TPSA) is 234 Å². The fraction of sp³-hybridized carbons (Fsp3) is 0.544. The van der Waals surface area contributed by atoms with Crippen LogP contribution in [-0.4, -0.2) is 140 Å². The minimum absolute atomic E-state index is 0.0385. The maximum absolute atomic E-state index is 14.8. The van der Waals surface area contributed by atoms with Crippen molar-refractivity contribution in [1.29, 1.82) is 0 Å². The molecule has 86 heavy (non-hydrogen) atoms. The molecule has 18 nitrogen and oxygen atoms in total. The number of rotatable bonds is 30. The second-order valence-electron chi connectivity index (χ2n) is 24.1. The number of unbranched alkanes of at least 4 members (excludes halogenated alkanes) is 4. The molecule has 18 heteroatoms. The summed E-state index contributed by atoms with van der Waals surface area (Å²) in [4.78, 5) is 102. The van der Waals surface area contributed by atoms with Crippen LogP contribution in [0.1, 0.15) is 151 Å². The molecule has 8 rings (SSSR count). The third kappa shape index (κ3) is 17.6. The minimum atomic E-state index is -0.930. The van der Waals surface area contributed by atoms with Crippen LogP contribution in [0.4, 0.5) is 0 Å². The molecule has 9 N–H and O–H groups in total. The van der Waals surface area contributed by atoms with Gasteiger partial charge in [-0.2, -0.15) is 0 Å². The highest BCUT2D eigenvalue weighted by molar-refractivity contribution is 5.95. The number of carbonyl (C=O) groups is 7. The van der Waals surface area contributed by atoms with Gasteiger partial charge in [0.05, 0.1) is 24.2 Å². The number of nitrogens with one attached hydrogen (secondary N) is 9. The normalized spacial score (nSPS) is 23.1. The van der Waals surface area contributed by atoms with Crippen LogP contribution in [0.5, 0.6) is 0 Å². The van der Waals surface area contributed by atoms with Gasteiger partial charge in [0.1, 0.15) is 18.1 Å². The van der Waals surface area contributed by atoms with E-state index in [0.29, 0.717) is 76.4 Å². The Kier molecular flexibility index (Phi) is 25.1. The summed E-state index contributed by atoms with van der Waals surface area (Å²) in [6.45, 7) is 6.53. The molecule has 0 radical (unpaired) electrons. The Morgan fingerprint density at radius 1 is 0.535 bits per heavy atom. The van der Waals surface area contributed by atoms with E-state index in [9.17, 15) is 33.6 Å². The van der Waals surface area contributed by atoms with Crippen molar-refractivity contribution in [2.24, 2.45) is 11.8 Å². The molecule has 0 spiro atoms. The molecule has 11 atom stereocenters. The van der Waals surface area contributed by atoms with Crippen LogP contribution in [0.15, 0.2) is 121 Å². The van der Waals surface area contributed by atoms with Gasteiger partial charge in [-0.3, -0.25) is 38.5 Å². The molecule has 0 aliphatic carbocycles. The Morgan fingerprint density at radius 2 is 1.07 bits per heavy atom. The first kappa shape index (κ1) is 65.0. The number of carbonyl (C=O) groups excluding carboxylic acids is 7. The molecule has 0 saturated carbocycles. The molecule has 4 heterocycles. The van der Waals surface area contributed by atoms with Crippen LogP contribution in [0.3, 0.4) is 0 Å². The standard InChI is InChI=1S/C68H95N11O7/c1-5-54(69-3)63(81)74-56-45-78-52(35-33-50(56)43-71-42-46-24-14-10-15-25-46)37-39-57(78)65(83)76-61(49-30-20-13-21-31-49)67(85)72-41-23-9-7-8-22-32-59(80)73-44-51-34-36-53-38-40-58(79(53)68(86)62(51)77-64(82)55(6-2)70-4)66(84)75-60(47-26-16-11-17-27-47)48-28-18-12-19-29-48/h10-21,24-31,50-58,60-62,69-71H,5-9,22-23,32-45H2,1-4H3,(H,72,85)(H,73,80)(H,74,81)(H,75,84)(H,76,83)(H,77,82)/t50-,51-,52+,53+,54+,55+,56-,57+,58+,61+,62+/m1/s1. The van der Waals surface area contributed by atoms with Crippen molar-refractivity contribution in [2.75, 3.05) is 40.3 Å². The van der Waals surface area contributed by atoms with Gasteiger partial charge >= 0.3 is 0 Å². The number of amides is 7. The molecular weight excluding hydrogens is 1080 g/mol. The molecule has 0 unspecified atom stereocenters. The van der Waals surface area contributed by atoms with Crippen LogP contribution in [0.2, 0.25) is 0 Å². The molecule has 0 bridgehead atoms. The van der Waals surface area contributed by atoms with Gasteiger partial charge in [0, 0.05) is 63.2 Å². The third-order valence-corrected chi connectivity index (χ3v) is 18.5. The predicted molar refractivity (Wildman–Crippen MR) is 335 cm³/mol. The van der Waals surface area contributed by atoms with E-state index < -0.39 is 36.3 Å². The average Bonchev–Trinajstić information content (AvgIpc) is 2.58. The Balaban J connectivity index is 0.799. The van der Waals surface area contributed by atoms with E-state index in [2.05, 4.69) is 64.9 Å². The van der Waals surface area contributed by atoms with Gasteiger partial charge in [-0.25, -0.2) is 0 Å². The highest BCUT2D eigenvalue weighted by Crippen LogP contribution is 2.36. The van der Waals surface area contributed by atoms with E-state index in [4.69, 9.17) is 0 Å². The van der Waals surface area contributed by atoms with Crippen molar-refractivity contribution >= 4 is 41.4 Å². The SMILES string of the molecule is CC[C@H](NC)C(=O)N[C@@H]1C(=O)N2[C@@H](CC[C@@H]1CNC(=O)CCCCCCCNC(=O)[C@@H](NC(=O)[C@@H]1CC[C@@H]3CC[C@H](CNCc4ccccc4)[C@H](NC(=O)[C@H](CC)NC)CN31)c1ccccc1)CC[C@H]2C(=O)NC(c1ccccc1)c1ccccc1. The van der Waals surface area contributed by atoms with Crippen molar-refractivity contribution in [2.45, 2.75) is 184 Å². The largest absolute Gasteiger partial charge is 0.356 e. The smallest absolute Gasteiger partial charge is 0.247 e. The van der Waals surface area contributed by atoms with E-state index in [1.54, 1.807) is 19.0 Å². The van der Waals surface area contributed by atoms with Gasteiger partial charge < -0.3 is 52.8 Å². The van der Waals surface area contributed by atoms with Crippen molar-refractivity contribution in [1.82, 2.24) is 57.7 Å². The number of nitrogens with zero attached hydrogens (tertiary/aromatic N) is 2. The first-order chi connectivity index (χ1) is 41.9. The van der Waals surface area contributed by atoms with Crippen molar-refractivity contribution in [3.8, 4) is 0 Å². The molecule has 4 aliphatic rings. The first-order valence-electron chi connectivity index (χ1n) is 32.0. The number of benzene rings is 4. The van der Waals surface area contributed by atoms with Gasteiger partial charge in [-0.15, -0.1) is 0 Å². The summed E-state index contributed by atoms with van der Waals surface area (Å²) in [5.74, 6) is -1.67. The summed E-state index contributed by atoms with van der Waals surface area (Å²) in [5.41, 5.74) is 3.76. The number of hydrogen-bond acceptors (Lipinski definition) is 11. The van der Waals surface area contributed by atoms with Crippen molar-refractivity contribution in [3.63, 3.8) is 0 Å². The molecule has 7 amide bonds. The van der Waals surface area contributed by atoms with Gasteiger partial charge in [-0.1, -0.05) is 154 Å². The monoisotopic (exact) mass is 1180 g/mol. The van der Waals surface area contributed by atoms with E-state index in [-0.39, 0.29) is 83.9 Å². The van der Waals surface area contributed by atoms with Crippen molar-refractivity contribution in [3.05, 3.63) is 144 Å². The molecule has 4 aromatic carbocycles. The quantitative estimate of drug-likeness (QED) is 0.0271. The second kappa shape index (κ2) is 33.2. The van der Waals surface area contributed by atoms with Crippen LogP contribution in [0, 0.1) is 11.8 Å². The second-order valence-corrected chi connectivity index (χ2v) is 24.1. The van der Waals surface area contributed by atoms with Crippen LogP contribution in [-0.2, 0) is 40.1 Å². The molecule has 0 aromatic heterocycles. The Bertz CT molecular complexity index is 2750. The fourth-order valence-electron chi connectivity index (χ4n) is 13.5. The van der Waals surface area contributed by atoms with Gasteiger partial charge in [-0.05, 0) is 119 Å². The zero-order chi connectivity index (χ0) is 60.8. The van der Waals surface area contributed by atoms with E-state index >= 15 is 0 Å². The van der Waals surface area contributed by atoms with E-state index in [1.807, 2.05) is 123 Å². The highest BCUT2D eigenvalue weighted by atomic mass is 16.2. The van der Waals surface area contributed by atoms with Crippen LogP contribution < -0.4 is 47.9 Å². The number of likely N-dealkylation sites (N-methyl/N-ethyl adjacent to an activating group) is 2. The zero-order valence-electron chi connectivity index (χ0n) is 51.1. The molecule has 4 aliphatic heterocycles. The van der Waals surface area contributed by atoms with E-state index in [0.717, 1.165) is 69.2 Å². The lowest BCUT2D eigenvalue weighted by molar-refractivity contribution is -0.143. The molecule has 464 valence electrons. The lowest BCUT2D eigenvalue weighted by Gasteiger charge is -2.34. The van der Waals surface area contributed by atoms with Crippen LogP contribution >= 0.6 is 0 Å². The molecule has 4 fully saturated rings. The number of fused-ring (bicyclic) bond motifs is 2. The number of hydrogen-bond donors (Lipinski definition) is 9. The lowest BCUT2D eigenvalue weighted by Crippen LogP contribution is -2.59. The van der Waals surface area contributed by atoms with Crippen LogP contribution in [0.25, 0.3) is 0 Å². The minimum Gasteiger partial charge on any atom is -0.356 e. The fourth-order valence-corrected chi connectivity index (χ4v) is 13.5. The lowest BCUT2D eigenvalue weighted by atomic mass is 9.92. The molecule has 4 aromatic rings.